The van der Waals surface area contributed by atoms with E-state index in [9.17, 15) is 0 Å². The maximum absolute atomic E-state index is 5.23. The topological polar surface area (TPSA) is 21.6 Å². The highest BCUT2D eigenvalue weighted by molar-refractivity contribution is 5.84. The van der Waals surface area contributed by atoms with Crippen molar-refractivity contribution >= 4 is 5.90 Å². The van der Waals surface area contributed by atoms with Gasteiger partial charge in [0.1, 0.15) is 0 Å². The standard InChI is InChI=1S/C11H13NO/c1-8-3-5-10-6-4-9(7-8)11(12-10)13-2/h3-7,9-10H,1-2H3/t9-,10-/m0/s1. The Labute approximate surface area is 78.3 Å². The van der Waals surface area contributed by atoms with E-state index in [0.29, 0.717) is 0 Å². The van der Waals surface area contributed by atoms with E-state index in [1.165, 1.54) is 5.57 Å². The van der Waals surface area contributed by atoms with Crippen molar-refractivity contribution in [2.45, 2.75) is 13.0 Å². The average molecular weight is 175 g/mol. The van der Waals surface area contributed by atoms with Gasteiger partial charge in [0.2, 0.25) is 0 Å². The van der Waals surface area contributed by atoms with Crippen molar-refractivity contribution in [3.05, 3.63) is 36.0 Å². The number of rotatable bonds is 0. The molecule has 0 amide bonds. The second-order valence-corrected chi connectivity index (χ2v) is 3.34. The Hall–Kier alpha value is -1.31. The normalized spacial score (nSPS) is 30.6. The van der Waals surface area contributed by atoms with E-state index in [1.54, 1.807) is 7.11 Å². The van der Waals surface area contributed by atoms with E-state index in [0.717, 1.165) is 5.90 Å². The van der Waals surface area contributed by atoms with Crippen LogP contribution >= 0.6 is 0 Å². The van der Waals surface area contributed by atoms with Crippen LogP contribution in [-0.2, 0) is 4.74 Å². The van der Waals surface area contributed by atoms with Crippen molar-refractivity contribution < 1.29 is 4.74 Å². The molecule has 0 unspecified atom stereocenters. The summed E-state index contributed by atoms with van der Waals surface area (Å²) in [6.45, 7) is 2.10. The SMILES string of the molecule is COC1=N[C@H]2C=CC(C)=C[C@@H]1C=C2. The van der Waals surface area contributed by atoms with Gasteiger partial charge >= 0.3 is 0 Å². The second-order valence-electron chi connectivity index (χ2n) is 3.34. The summed E-state index contributed by atoms with van der Waals surface area (Å²) in [6, 6.07) is 0.162. The summed E-state index contributed by atoms with van der Waals surface area (Å²) in [5.74, 6) is 1.04. The number of fused-ring (bicyclic) bond motifs is 1. The third-order valence-electron chi connectivity index (χ3n) is 2.28. The zero-order valence-electron chi connectivity index (χ0n) is 7.90. The third-order valence-corrected chi connectivity index (χ3v) is 2.28. The molecule has 0 N–H and O–H groups in total. The van der Waals surface area contributed by atoms with Crippen LogP contribution in [0.1, 0.15) is 6.92 Å². The van der Waals surface area contributed by atoms with Gasteiger partial charge in [-0.05, 0) is 6.92 Å². The van der Waals surface area contributed by atoms with Crippen molar-refractivity contribution in [2.24, 2.45) is 10.9 Å². The molecule has 0 spiro atoms. The number of nitrogens with zero attached hydrogens (tertiary/aromatic N) is 1. The molecule has 0 saturated carbocycles. The summed E-state index contributed by atoms with van der Waals surface area (Å²) in [5.41, 5.74) is 1.27. The molecular formula is C11H13NO. The number of hydrogen-bond donors (Lipinski definition) is 0. The van der Waals surface area contributed by atoms with Gasteiger partial charge in [-0.25, -0.2) is 4.99 Å². The highest BCUT2D eigenvalue weighted by atomic mass is 16.5. The zero-order valence-corrected chi connectivity index (χ0v) is 7.90. The van der Waals surface area contributed by atoms with Crippen LogP contribution in [0.3, 0.4) is 0 Å². The Kier molecular flexibility index (Phi) is 2.05. The minimum Gasteiger partial charge on any atom is -0.484 e. The lowest BCUT2D eigenvalue weighted by molar-refractivity contribution is 0.380. The van der Waals surface area contributed by atoms with E-state index in [2.05, 4.69) is 42.3 Å². The zero-order chi connectivity index (χ0) is 9.26. The fourth-order valence-electron chi connectivity index (χ4n) is 1.60. The molecular weight excluding hydrogens is 162 g/mol. The molecule has 2 nitrogen and oxygen atoms in total. The Bertz CT molecular complexity index is 323. The number of methoxy groups -OCH3 is 1. The minimum absolute atomic E-state index is 0.162. The number of dihydropyridines is 1. The molecule has 3 aliphatic rings. The predicted molar refractivity (Wildman–Crippen MR) is 53.8 cm³/mol. The fourth-order valence-corrected chi connectivity index (χ4v) is 1.60. The lowest BCUT2D eigenvalue weighted by atomic mass is 9.98. The lowest BCUT2D eigenvalue weighted by Crippen LogP contribution is -2.21. The van der Waals surface area contributed by atoms with Gasteiger partial charge in [0.25, 0.3) is 0 Å². The van der Waals surface area contributed by atoms with E-state index in [1.807, 2.05) is 0 Å². The van der Waals surface area contributed by atoms with Crippen LogP contribution in [0.2, 0.25) is 0 Å². The average Bonchev–Trinajstić information content (AvgIpc) is 2.12. The first-order valence-electron chi connectivity index (χ1n) is 4.46. The van der Waals surface area contributed by atoms with E-state index >= 15 is 0 Å². The first-order chi connectivity index (χ1) is 6.29. The molecule has 1 aliphatic carbocycles. The van der Waals surface area contributed by atoms with Gasteiger partial charge in [-0.2, -0.15) is 0 Å². The molecule has 3 rings (SSSR count). The summed E-state index contributed by atoms with van der Waals surface area (Å²) in [5, 5.41) is 0. The molecule has 0 aromatic carbocycles. The Morgan fingerprint density at radius 3 is 2.92 bits per heavy atom. The number of allylic oxidation sites excluding steroid dienone is 2. The summed E-state index contributed by atoms with van der Waals surface area (Å²) < 4.78 is 5.23. The molecule has 0 saturated heterocycles. The van der Waals surface area contributed by atoms with Crippen molar-refractivity contribution in [1.82, 2.24) is 0 Å². The van der Waals surface area contributed by atoms with Gasteiger partial charge < -0.3 is 4.74 Å². The number of hydrogen-bond acceptors (Lipinski definition) is 2. The maximum Gasteiger partial charge on any atom is 0.194 e. The van der Waals surface area contributed by atoms with Gasteiger partial charge in [-0.3, -0.25) is 0 Å². The van der Waals surface area contributed by atoms with Crippen LogP contribution in [0, 0.1) is 5.92 Å². The summed E-state index contributed by atoms with van der Waals surface area (Å²) in [6.07, 6.45) is 10.6. The molecule has 0 aromatic rings. The molecule has 0 aromatic heterocycles. The second kappa shape index (κ2) is 3.21. The van der Waals surface area contributed by atoms with Gasteiger partial charge in [0, 0.05) is 0 Å². The molecule has 2 atom stereocenters. The van der Waals surface area contributed by atoms with E-state index in [-0.39, 0.29) is 12.0 Å². The molecule has 68 valence electrons. The summed E-state index contributed by atoms with van der Waals surface area (Å²) in [4.78, 5) is 4.43. The van der Waals surface area contributed by atoms with Crippen LogP contribution in [0.5, 0.6) is 0 Å². The van der Waals surface area contributed by atoms with Gasteiger partial charge in [0.05, 0.1) is 19.1 Å². The lowest BCUT2D eigenvalue weighted by Gasteiger charge is -2.20. The van der Waals surface area contributed by atoms with Crippen LogP contribution in [0.15, 0.2) is 40.9 Å². The maximum atomic E-state index is 5.23. The van der Waals surface area contributed by atoms with Crippen LogP contribution < -0.4 is 0 Å². The number of aliphatic imine (C=N–C) groups is 1. The Morgan fingerprint density at radius 1 is 1.31 bits per heavy atom. The highest BCUT2D eigenvalue weighted by Gasteiger charge is 2.18. The fraction of sp³-hybridized carbons (Fsp3) is 0.364. The first-order valence-corrected chi connectivity index (χ1v) is 4.46. The molecule has 0 radical (unpaired) electrons. The summed E-state index contributed by atoms with van der Waals surface area (Å²) >= 11 is 0. The minimum atomic E-state index is 0.162. The molecule has 2 heteroatoms. The molecule has 0 fully saturated rings. The first kappa shape index (κ1) is 8.30. The molecule has 2 heterocycles. The highest BCUT2D eigenvalue weighted by Crippen LogP contribution is 2.20. The number of ether oxygens (including phenoxy) is 1. The van der Waals surface area contributed by atoms with Crippen LogP contribution in [-0.4, -0.2) is 19.0 Å². The Morgan fingerprint density at radius 2 is 2.15 bits per heavy atom. The van der Waals surface area contributed by atoms with Crippen molar-refractivity contribution in [3.8, 4) is 0 Å². The summed E-state index contributed by atoms with van der Waals surface area (Å²) in [7, 11) is 1.68. The van der Waals surface area contributed by atoms with Crippen LogP contribution in [0.4, 0.5) is 0 Å². The smallest absolute Gasteiger partial charge is 0.194 e. The van der Waals surface area contributed by atoms with E-state index < -0.39 is 0 Å². The van der Waals surface area contributed by atoms with Crippen LogP contribution in [0.25, 0.3) is 0 Å². The Balaban J connectivity index is 2.40. The van der Waals surface area contributed by atoms with Gasteiger partial charge in [-0.15, -0.1) is 0 Å². The van der Waals surface area contributed by atoms with Gasteiger partial charge in [0.15, 0.2) is 5.90 Å². The largest absolute Gasteiger partial charge is 0.484 e. The monoisotopic (exact) mass is 175 g/mol. The van der Waals surface area contributed by atoms with Crippen molar-refractivity contribution in [3.63, 3.8) is 0 Å². The quantitative estimate of drug-likeness (QED) is 0.517. The van der Waals surface area contributed by atoms with Crippen molar-refractivity contribution in [2.75, 3.05) is 7.11 Å². The molecule has 13 heavy (non-hydrogen) atoms. The van der Waals surface area contributed by atoms with Gasteiger partial charge in [-0.1, -0.05) is 36.0 Å². The third kappa shape index (κ3) is 1.57. The predicted octanol–water partition coefficient (Wildman–Crippen LogP) is 2.10. The molecule has 2 bridgehead atoms. The van der Waals surface area contributed by atoms with Crippen molar-refractivity contribution in [1.29, 1.82) is 0 Å². The molecule has 2 aliphatic heterocycles. The van der Waals surface area contributed by atoms with E-state index in [4.69, 9.17) is 4.74 Å².